The number of nitrogens with one attached hydrogen (secondary N) is 1. The molecule has 110 valence electrons. The van der Waals surface area contributed by atoms with Gasteiger partial charge in [-0.1, -0.05) is 41.3 Å². The Labute approximate surface area is 127 Å². The number of rotatable bonds is 4. The van der Waals surface area contributed by atoms with Crippen LogP contribution in [-0.2, 0) is 9.53 Å². The molecule has 0 saturated heterocycles. The van der Waals surface area contributed by atoms with Gasteiger partial charge >= 0.3 is 5.97 Å². The van der Waals surface area contributed by atoms with Crippen LogP contribution in [0.4, 0.5) is 4.39 Å². The van der Waals surface area contributed by atoms with Crippen LogP contribution in [0.1, 0.15) is 43.7 Å². The lowest BCUT2D eigenvalue weighted by molar-refractivity contribution is -0.143. The molecule has 0 bridgehead atoms. The fourth-order valence-electron chi connectivity index (χ4n) is 2.64. The average Bonchev–Trinajstić information content (AvgIpc) is 2.46. The molecule has 1 unspecified atom stereocenters. The fraction of sp³-hybridized carbons (Fsp3) is 0.533. The Morgan fingerprint density at radius 3 is 2.70 bits per heavy atom. The first-order valence-corrected chi connectivity index (χ1v) is 7.70. The zero-order chi connectivity index (χ0) is 14.5. The molecule has 3 nitrogen and oxygen atoms in total. The van der Waals surface area contributed by atoms with Gasteiger partial charge in [-0.3, -0.25) is 5.32 Å². The molecule has 1 N–H and O–H groups in total. The van der Waals surface area contributed by atoms with Crippen LogP contribution in [0.25, 0.3) is 0 Å². The van der Waals surface area contributed by atoms with E-state index in [1.165, 1.54) is 38.5 Å². The molecule has 5 heteroatoms. The van der Waals surface area contributed by atoms with Gasteiger partial charge in [-0.15, -0.1) is 0 Å². The van der Waals surface area contributed by atoms with Crippen molar-refractivity contribution in [1.29, 1.82) is 0 Å². The van der Waals surface area contributed by atoms with Crippen LogP contribution in [-0.4, -0.2) is 19.1 Å². The standard InChI is InChI=1S/C15H19BrFNO2/c1-20-15(19)14(18-11-5-3-2-4-6-11)12-8-7-10(17)9-13(12)16/h7-9,11,14,18H,2-6H2,1H3. The fourth-order valence-corrected chi connectivity index (χ4v) is 3.22. The number of benzene rings is 1. The van der Waals surface area contributed by atoms with E-state index < -0.39 is 6.04 Å². The summed E-state index contributed by atoms with van der Waals surface area (Å²) >= 11 is 3.32. The highest BCUT2D eigenvalue weighted by Gasteiger charge is 2.27. The molecule has 0 aromatic heterocycles. The second kappa shape index (κ2) is 7.18. The first-order valence-electron chi connectivity index (χ1n) is 6.90. The predicted octanol–water partition coefficient (Wildman–Crippen LogP) is 3.72. The van der Waals surface area contributed by atoms with E-state index in [2.05, 4.69) is 21.2 Å². The van der Waals surface area contributed by atoms with Crippen LogP contribution < -0.4 is 5.32 Å². The Bertz CT molecular complexity index is 475. The van der Waals surface area contributed by atoms with Gasteiger partial charge in [0.1, 0.15) is 11.9 Å². The molecule has 1 aromatic rings. The number of carbonyl (C=O) groups is 1. The maximum Gasteiger partial charge on any atom is 0.327 e. The number of ether oxygens (including phenoxy) is 1. The zero-order valence-electron chi connectivity index (χ0n) is 11.5. The van der Waals surface area contributed by atoms with Crippen molar-refractivity contribution in [2.24, 2.45) is 0 Å². The summed E-state index contributed by atoms with van der Waals surface area (Å²) in [4.78, 5) is 12.0. The molecule has 0 heterocycles. The first kappa shape index (κ1) is 15.4. The van der Waals surface area contributed by atoms with Crippen molar-refractivity contribution in [3.8, 4) is 0 Å². The Balaban J connectivity index is 2.20. The molecule has 0 aliphatic heterocycles. The minimum atomic E-state index is -0.557. The minimum absolute atomic E-state index is 0.310. The van der Waals surface area contributed by atoms with Gasteiger partial charge in [-0.25, -0.2) is 9.18 Å². The first-order chi connectivity index (χ1) is 9.61. The highest BCUT2D eigenvalue weighted by molar-refractivity contribution is 9.10. The highest BCUT2D eigenvalue weighted by atomic mass is 79.9. The van der Waals surface area contributed by atoms with E-state index in [-0.39, 0.29) is 11.8 Å². The molecule has 0 spiro atoms. The second-order valence-corrected chi connectivity index (χ2v) is 5.98. The topological polar surface area (TPSA) is 38.3 Å². The van der Waals surface area contributed by atoms with E-state index in [9.17, 15) is 9.18 Å². The van der Waals surface area contributed by atoms with Gasteiger partial charge in [0.15, 0.2) is 0 Å². The Kier molecular flexibility index (Phi) is 5.54. The van der Waals surface area contributed by atoms with E-state index in [4.69, 9.17) is 4.74 Å². The number of methoxy groups -OCH3 is 1. The lowest BCUT2D eigenvalue weighted by atomic mass is 9.94. The van der Waals surface area contributed by atoms with Crippen LogP contribution in [0.2, 0.25) is 0 Å². The average molecular weight is 344 g/mol. The Hall–Kier alpha value is -0.940. The van der Waals surface area contributed by atoms with Crippen molar-refractivity contribution < 1.29 is 13.9 Å². The third kappa shape index (κ3) is 3.79. The molecular formula is C15H19BrFNO2. The van der Waals surface area contributed by atoms with Gasteiger partial charge in [0, 0.05) is 10.5 Å². The van der Waals surface area contributed by atoms with Gasteiger partial charge < -0.3 is 4.74 Å². The maximum absolute atomic E-state index is 13.2. The van der Waals surface area contributed by atoms with Crippen molar-refractivity contribution >= 4 is 21.9 Å². The summed E-state index contributed by atoms with van der Waals surface area (Å²) in [6, 6.07) is 4.10. The molecular weight excluding hydrogens is 325 g/mol. The molecule has 0 amide bonds. The van der Waals surface area contributed by atoms with Crippen molar-refractivity contribution in [2.45, 2.75) is 44.2 Å². The Morgan fingerprint density at radius 1 is 1.40 bits per heavy atom. The van der Waals surface area contributed by atoms with Gasteiger partial charge in [0.05, 0.1) is 7.11 Å². The number of halogens is 2. The Morgan fingerprint density at radius 2 is 2.10 bits per heavy atom. The third-order valence-corrected chi connectivity index (χ3v) is 4.40. The van der Waals surface area contributed by atoms with Gasteiger partial charge in [-0.2, -0.15) is 0 Å². The van der Waals surface area contributed by atoms with E-state index in [1.807, 2.05) is 0 Å². The third-order valence-electron chi connectivity index (χ3n) is 3.72. The summed E-state index contributed by atoms with van der Waals surface area (Å²) in [5.74, 6) is -0.676. The summed E-state index contributed by atoms with van der Waals surface area (Å²) in [5, 5.41) is 3.36. The molecule has 1 aromatic carbocycles. The van der Waals surface area contributed by atoms with Crippen molar-refractivity contribution in [2.75, 3.05) is 7.11 Å². The molecule has 1 aliphatic rings. The van der Waals surface area contributed by atoms with Crippen LogP contribution in [0.5, 0.6) is 0 Å². The summed E-state index contributed by atoms with van der Waals surface area (Å²) in [7, 11) is 1.37. The summed E-state index contributed by atoms with van der Waals surface area (Å²) in [5.41, 5.74) is 0.712. The second-order valence-electron chi connectivity index (χ2n) is 5.12. The van der Waals surface area contributed by atoms with E-state index in [1.54, 1.807) is 6.07 Å². The van der Waals surface area contributed by atoms with Crippen molar-refractivity contribution in [1.82, 2.24) is 5.32 Å². The maximum atomic E-state index is 13.2. The summed E-state index contributed by atoms with van der Waals surface area (Å²) in [6.45, 7) is 0. The number of carbonyl (C=O) groups excluding carboxylic acids is 1. The molecule has 2 rings (SSSR count). The SMILES string of the molecule is COC(=O)C(NC1CCCCC1)c1ccc(F)cc1Br. The van der Waals surface area contributed by atoms with Crippen LogP contribution in [0.15, 0.2) is 22.7 Å². The van der Waals surface area contributed by atoms with Gasteiger partial charge in [-0.05, 0) is 30.5 Å². The zero-order valence-corrected chi connectivity index (χ0v) is 13.1. The van der Waals surface area contributed by atoms with Crippen molar-refractivity contribution in [3.05, 3.63) is 34.1 Å². The number of hydrogen-bond donors (Lipinski definition) is 1. The lowest BCUT2D eigenvalue weighted by Crippen LogP contribution is -2.39. The molecule has 0 radical (unpaired) electrons. The van der Waals surface area contributed by atoms with Crippen molar-refractivity contribution in [3.63, 3.8) is 0 Å². The monoisotopic (exact) mass is 343 g/mol. The highest BCUT2D eigenvalue weighted by Crippen LogP contribution is 2.28. The molecule has 1 atom stereocenters. The molecule has 20 heavy (non-hydrogen) atoms. The molecule has 1 fully saturated rings. The number of hydrogen-bond acceptors (Lipinski definition) is 3. The van der Waals surface area contributed by atoms with Gasteiger partial charge in [0.25, 0.3) is 0 Å². The molecule has 1 aliphatic carbocycles. The smallest absolute Gasteiger partial charge is 0.327 e. The van der Waals surface area contributed by atoms with Crippen LogP contribution >= 0.6 is 15.9 Å². The van der Waals surface area contributed by atoms with Crippen LogP contribution in [0.3, 0.4) is 0 Å². The summed E-state index contributed by atoms with van der Waals surface area (Å²) < 4.78 is 18.6. The quantitative estimate of drug-likeness (QED) is 0.846. The predicted molar refractivity (Wildman–Crippen MR) is 78.9 cm³/mol. The largest absolute Gasteiger partial charge is 0.468 e. The van der Waals surface area contributed by atoms with E-state index in [0.717, 1.165) is 12.8 Å². The minimum Gasteiger partial charge on any atom is -0.468 e. The van der Waals surface area contributed by atoms with E-state index >= 15 is 0 Å². The van der Waals surface area contributed by atoms with E-state index in [0.29, 0.717) is 16.1 Å². The normalized spacial score (nSPS) is 17.8. The summed E-state index contributed by atoms with van der Waals surface area (Å²) in [6.07, 6.45) is 5.73. The number of esters is 1. The van der Waals surface area contributed by atoms with Crippen LogP contribution in [0, 0.1) is 5.82 Å². The molecule has 1 saturated carbocycles. The van der Waals surface area contributed by atoms with Gasteiger partial charge in [0.2, 0.25) is 0 Å². The lowest BCUT2D eigenvalue weighted by Gasteiger charge is -2.27.